The van der Waals surface area contributed by atoms with Crippen molar-refractivity contribution in [2.45, 2.75) is 19.9 Å². The molecule has 0 aromatic rings. The Morgan fingerprint density at radius 2 is 2.33 bits per heavy atom. The zero-order chi connectivity index (χ0) is 9.19. The predicted octanol–water partition coefficient (Wildman–Crippen LogP) is -0.811. The minimum atomic E-state index is 0.0570. The van der Waals surface area contributed by atoms with Crippen LogP contribution in [0.1, 0.15) is 13.8 Å². The van der Waals surface area contributed by atoms with Crippen LogP contribution in [0.4, 0.5) is 0 Å². The third-order valence-electron chi connectivity index (χ3n) is 2.09. The van der Waals surface area contributed by atoms with Gasteiger partial charge in [-0.05, 0) is 0 Å². The molecule has 5 heteroatoms. The number of aliphatic imine (C=N–C) groups is 1. The van der Waals surface area contributed by atoms with E-state index in [1.54, 1.807) is 0 Å². The van der Waals surface area contributed by atoms with Crippen LogP contribution in [-0.2, 0) is 4.74 Å². The van der Waals surface area contributed by atoms with Crippen LogP contribution in [0.25, 0.3) is 0 Å². The Morgan fingerprint density at radius 1 is 1.67 bits per heavy atom. The molecule has 1 aliphatic rings. The van der Waals surface area contributed by atoms with Crippen LogP contribution in [0.5, 0.6) is 0 Å². The zero-order valence-corrected chi connectivity index (χ0v) is 7.50. The summed E-state index contributed by atoms with van der Waals surface area (Å²) >= 11 is 0. The van der Waals surface area contributed by atoms with Gasteiger partial charge in [0, 0.05) is 5.41 Å². The largest absolute Gasteiger partial charge is 0.379 e. The van der Waals surface area contributed by atoms with Crippen LogP contribution in [0, 0.1) is 5.41 Å². The van der Waals surface area contributed by atoms with Crippen molar-refractivity contribution in [2.75, 3.05) is 13.2 Å². The van der Waals surface area contributed by atoms with Gasteiger partial charge in [-0.15, -0.1) is 0 Å². The molecule has 1 fully saturated rings. The van der Waals surface area contributed by atoms with Gasteiger partial charge in [0.2, 0.25) is 5.96 Å². The van der Waals surface area contributed by atoms with Gasteiger partial charge in [-0.2, -0.15) is 0 Å². The van der Waals surface area contributed by atoms with E-state index in [2.05, 4.69) is 24.3 Å². The monoisotopic (exact) mass is 172 g/mol. The van der Waals surface area contributed by atoms with Gasteiger partial charge < -0.3 is 10.5 Å². The number of hydrogen-bond donors (Lipinski definition) is 3. The van der Waals surface area contributed by atoms with E-state index in [1.165, 1.54) is 0 Å². The third kappa shape index (κ3) is 1.86. The van der Waals surface area contributed by atoms with Gasteiger partial charge in [0.25, 0.3) is 0 Å². The lowest BCUT2D eigenvalue weighted by atomic mass is 9.88. The Kier molecular flexibility index (Phi) is 2.54. The highest BCUT2D eigenvalue weighted by Gasteiger charge is 2.35. The van der Waals surface area contributed by atoms with Crippen molar-refractivity contribution < 1.29 is 4.74 Å². The molecule has 12 heavy (non-hydrogen) atoms. The van der Waals surface area contributed by atoms with Crippen LogP contribution in [0.15, 0.2) is 4.99 Å². The van der Waals surface area contributed by atoms with E-state index in [0.29, 0.717) is 6.61 Å². The Morgan fingerprint density at radius 3 is 2.75 bits per heavy atom. The molecular weight excluding hydrogens is 156 g/mol. The molecular formula is C7H16N4O. The highest BCUT2D eigenvalue weighted by molar-refractivity contribution is 5.77. The molecule has 5 N–H and O–H groups in total. The van der Waals surface area contributed by atoms with E-state index in [4.69, 9.17) is 16.3 Å². The van der Waals surface area contributed by atoms with Crippen LogP contribution >= 0.6 is 0 Å². The van der Waals surface area contributed by atoms with Crippen molar-refractivity contribution in [1.29, 1.82) is 0 Å². The molecule has 1 aliphatic heterocycles. The fraction of sp³-hybridized carbons (Fsp3) is 0.857. The van der Waals surface area contributed by atoms with E-state index in [1.807, 2.05) is 0 Å². The molecule has 1 heterocycles. The van der Waals surface area contributed by atoms with Crippen LogP contribution in [0.2, 0.25) is 0 Å². The van der Waals surface area contributed by atoms with Crippen molar-refractivity contribution in [3.05, 3.63) is 0 Å². The quantitative estimate of drug-likeness (QED) is 0.209. The summed E-state index contributed by atoms with van der Waals surface area (Å²) in [5.74, 6) is 5.35. The second kappa shape index (κ2) is 3.28. The predicted molar refractivity (Wildman–Crippen MR) is 47.3 cm³/mol. The minimum Gasteiger partial charge on any atom is -0.379 e. The van der Waals surface area contributed by atoms with Gasteiger partial charge in [0.05, 0.1) is 19.3 Å². The standard InChI is InChI=1S/C7H16N4O/c1-7(2)4-12-3-5(7)10-6(8)11-9/h5H,3-4,9H2,1-2H3,(H3,8,10,11). The number of nitrogens with two attached hydrogens (primary N) is 2. The van der Waals surface area contributed by atoms with Crippen molar-refractivity contribution in [3.8, 4) is 0 Å². The van der Waals surface area contributed by atoms with Gasteiger partial charge >= 0.3 is 0 Å². The molecule has 1 saturated heterocycles. The van der Waals surface area contributed by atoms with E-state index < -0.39 is 0 Å². The molecule has 1 rings (SSSR count). The van der Waals surface area contributed by atoms with Crippen LogP contribution in [0.3, 0.4) is 0 Å². The number of hydrogen-bond acceptors (Lipinski definition) is 3. The number of ether oxygens (including phenoxy) is 1. The average molecular weight is 172 g/mol. The van der Waals surface area contributed by atoms with Gasteiger partial charge in [-0.25, -0.2) is 10.8 Å². The minimum absolute atomic E-state index is 0.0570. The van der Waals surface area contributed by atoms with Crippen molar-refractivity contribution in [1.82, 2.24) is 5.43 Å². The summed E-state index contributed by atoms with van der Waals surface area (Å²) in [6.45, 7) is 5.53. The Labute approximate surface area is 72.1 Å². The Balaban J connectivity index is 2.63. The summed E-state index contributed by atoms with van der Waals surface area (Å²) in [5.41, 5.74) is 7.79. The molecule has 0 aromatic carbocycles. The molecule has 0 spiro atoms. The number of nitrogens with one attached hydrogen (secondary N) is 1. The van der Waals surface area contributed by atoms with Gasteiger partial charge in [0.15, 0.2) is 0 Å². The summed E-state index contributed by atoms with van der Waals surface area (Å²) in [6.07, 6.45) is 0. The van der Waals surface area contributed by atoms with Crippen LogP contribution in [-0.4, -0.2) is 25.2 Å². The van der Waals surface area contributed by atoms with Gasteiger partial charge in [-0.1, -0.05) is 13.8 Å². The maximum Gasteiger partial charge on any atom is 0.203 e. The summed E-state index contributed by atoms with van der Waals surface area (Å²) in [7, 11) is 0. The zero-order valence-electron chi connectivity index (χ0n) is 7.50. The molecule has 0 radical (unpaired) electrons. The molecule has 5 nitrogen and oxygen atoms in total. The highest BCUT2D eigenvalue weighted by Crippen LogP contribution is 2.29. The lowest BCUT2D eigenvalue weighted by Crippen LogP contribution is -2.40. The number of guanidine groups is 1. The van der Waals surface area contributed by atoms with Crippen LogP contribution < -0.4 is 17.0 Å². The molecule has 0 aliphatic carbocycles. The third-order valence-corrected chi connectivity index (χ3v) is 2.09. The molecule has 0 aromatic heterocycles. The van der Waals surface area contributed by atoms with E-state index in [-0.39, 0.29) is 17.4 Å². The SMILES string of the molecule is CC1(C)COCC1N=C(N)NN. The second-order valence-corrected chi connectivity index (χ2v) is 3.68. The first-order chi connectivity index (χ1) is 5.56. The second-order valence-electron chi connectivity index (χ2n) is 3.68. The first-order valence-electron chi connectivity index (χ1n) is 3.94. The molecule has 0 amide bonds. The molecule has 1 atom stereocenters. The molecule has 0 bridgehead atoms. The van der Waals surface area contributed by atoms with E-state index in [9.17, 15) is 0 Å². The van der Waals surface area contributed by atoms with Crippen molar-refractivity contribution >= 4 is 5.96 Å². The lowest BCUT2D eigenvalue weighted by molar-refractivity contribution is 0.167. The lowest BCUT2D eigenvalue weighted by Gasteiger charge is -2.20. The molecule has 1 unspecified atom stereocenters. The van der Waals surface area contributed by atoms with Gasteiger partial charge in [-0.3, -0.25) is 5.43 Å². The fourth-order valence-electron chi connectivity index (χ4n) is 1.17. The Hall–Kier alpha value is -0.810. The summed E-state index contributed by atoms with van der Waals surface area (Å²) in [6, 6.07) is 0.105. The average Bonchev–Trinajstić information content (AvgIpc) is 2.31. The molecule has 0 saturated carbocycles. The summed E-state index contributed by atoms with van der Waals surface area (Å²) in [5, 5.41) is 0. The maximum atomic E-state index is 5.43. The Bertz CT molecular complexity index is 190. The maximum absolute atomic E-state index is 5.43. The number of rotatable bonds is 1. The van der Waals surface area contributed by atoms with E-state index >= 15 is 0 Å². The molecule has 70 valence electrons. The van der Waals surface area contributed by atoms with E-state index in [0.717, 1.165) is 6.61 Å². The summed E-state index contributed by atoms with van der Waals surface area (Å²) in [4.78, 5) is 4.18. The summed E-state index contributed by atoms with van der Waals surface area (Å²) < 4.78 is 5.29. The topological polar surface area (TPSA) is 85.7 Å². The normalized spacial score (nSPS) is 28.9. The smallest absolute Gasteiger partial charge is 0.203 e. The number of hydrazine groups is 1. The first kappa shape index (κ1) is 9.28. The first-order valence-corrected chi connectivity index (χ1v) is 3.94. The fourth-order valence-corrected chi connectivity index (χ4v) is 1.17. The highest BCUT2D eigenvalue weighted by atomic mass is 16.5. The van der Waals surface area contributed by atoms with Gasteiger partial charge in [0.1, 0.15) is 0 Å². The number of nitrogens with zero attached hydrogens (tertiary/aromatic N) is 1. The van der Waals surface area contributed by atoms with Crippen molar-refractivity contribution in [2.24, 2.45) is 22.0 Å². The van der Waals surface area contributed by atoms with Crippen molar-refractivity contribution in [3.63, 3.8) is 0 Å².